The Labute approximate surface area is 179 Å². The quantitative estimate of drug-likeness (QED) is 0.401. The molecule has 0 fully saturated rings. The summed E-state index contributed by atoms with van der Waals surface area (Å²) in [6.07, 6.45) is 1.74. The van der Waals surface area contributed by atoms with E-state index >= 15 is 0 Å². The molecule has 0 saturated heterocycles. The van der Waals surface area contributed by atoms with Gasteiger partial charge in [0, 0.05) is 23.6 Å². The van der Waals surface area contributed by atoms with Gasteiger partial charge < -0.3 is 5.84 Å². The first-order valence-electron chi connectivity index (χ1n) is 9.65. The van der Waals surface area contributed by atoms with Gasteiger partial charge in [0.15, 0.2) is 5.82 Å². The van der Waals surface area contributed by atoms with Gasteiger partial charge in [0.05, 0.1) is 5.69 Å². The lowest BCUT2D eigenvalue weighted by atomic mass is 9.87. The van der Waals surface area contributed by atoms with Crippen LogP contribution in [-0.2, 0) is 11.2 Å². The molecule has 0 saturated carbocycles. The first-order valence-corrected chi connectivity index (χ1v) is 10.6. The molecule has 1 aromatic carbocycles. The van der Waals surface area contributed by atoms with E-state index in [9.17, 15) is 4.79 Å². The summed E-state index contributed by atoms with van der Waals surface area (Å²) in [5.41, 5.74) is 4.48. The lowest BCUT2D eigenvalue weighted by Gasteiger charge is -2.19. The maximum atomic E-state index is 12.3. The van der Waals surface area contributed by atoms with Crippen LogP contribution < -0.4 is 11.4 Å². The van der Waals surface area contributed by atoms with Crippen molar-refractivity contribution < 1.29 is 0 Å². The predicted octanol–water partition coefficient (Wildman–Crippen LogP) is 3.57. The Kier molecular flexibility index (Phi) is 5.11. The van der Waals surface area contributed by atoms with Crippen LogP contribution in [-0.4, -0.2) is 24.3 Å². The Bertz CT molecular complexity index is 1270. The number of pyridine rings is 1. The topological polar surface area (TPSA) is 91.1 Å². The van der Waals surface area contributed by atoms with Gasteiger partial charge in [0.2, 0.25) is 5.16 Å². The van der Waals surface area contributed by atoms with Crippen LogP contribution >= 0.6 is 11.8 Å². The number of nitrogen functional groups attached to an aromatic ring is 1. The van der Waals surface area contributed by atoms with Crippen molar-refractivity contribution in [2.75, 3.05) is 5.84 Å². The molecule has 4 rings (SSSR count). The van der Waals surface area contributed by atoms with Crippen molar-refractivity contribution in [1.82, 2.24) is 24.3 Å². The highest BCUT2D eigenvalue weighted by Crippen LogP contribution is 2.27. The Hall–Kier alpha value is -3.13. The molecule has 0 spiro atoms. The molecule has 0 unspecified atom stereocenters. The molecule has 3 aromatic heterocycles. The van der Waals surface area contributed by atoms with Crippen LogP contribution in [0.2, 0.25) is 0 Å². The summed E-state index contributed by atoms with van der Waals surface area (Å²) in [5, 5.41) is 9.03. The van der Waals surface area contributed by atoms with Gasteiger partial charge in [-0.15, -0.1) is 10.2 Å². The van der Waals surface area contributed by atoms with Gasteiger partial charge >= 0.3 is 0 Å². The second kappa shape index (κ2) is 7.60. The number of nitrogens with zero attached hydrogens (tertiary/aromatic N) is 5. The summed E-state index contributed by atoms with van der Waals surface area (Å²) < 4.78 is 3.01. The zero-order valence-corrected chi connectivity index (χ0v) is 18.3. The molecule has 0 aliphatic rings. The standard InChI is InChI=1S/C22H24N6OS/c1-14-9-10-27-18(11-14)24-17(12-19(27)29)13-30-21-26-25-20(28(21)23)15-5-7-16(8-6-15)22(2,3)4/h5-12H,13,23H2,1-4H3. The van der Waals surface area contributed by atoms with Crippen LogP contribution in [0.3, 0.4) is 0 Å². The van der Waals surface area contributed by atoms with Crippen molar-refractivity contribution in [2.24, 2.45) is 0 Å². The van der Waals surface area contributed by atoms with Gasteiger partial charge in [-0.05, 0) is 35.6 Å². The van der Waals surface area contributed by atoms with Crippen LogP contribution in [0.4, 0.5) is 0 Å². The summed E-state index contributed by atoms with van der Waals surface area (Å²) in [5.74, 6) is 7.32. The van der Waals surface area contributed by atoms with Crippen molar-refractivity contribution in [2.45, 2.75) is 44.0 Å². The molecule has 2 N–H and O–H groups in total. The molecule has 7 nitrogen and oxygen atoms in total. The fourth-order valence-electron chi connectivity index (χ4n) is 3.16. The highest BCUT2D eigenvalue weighted by molar-refractivity contribution is 7.98. The number of aryl methyl sites for hydroxylation is 1. The van der Waals surface area contributed by atoms with E-state index in [-0.39, 0.29) is 11.0 Å². The number of benzene rings is 1. The van der Waals surface area contributed by atoms with Crippen LogP contribution in [0.25, 0.3) is 17.0 Å². The second-order valence-corrected chi connectivity index (χ2v) is 9.25. The largest absolute Gasteiger partial charge is 0.335 e. The molecule has 0 aliphatic heterocycles. The van der Waals surface area contributed by atoms with Gasteiger partial charge in [-0.2, -0.15) is 0 Å². The first-order chi connectivity index (χ1) is 14.2. The minimum Gasteiger partial charge on any atom is -0.335 e. The third kappa shape index (κ3) is 3.95. The van der Waals surface area contributed by atoms with Gasteiger partial charge in [0.25, 0.3) is 5.56 Å². The fraction of sp³-hybridized carbons (Fsp3) is 0.273. The van der Waals surface area contributed by atoms with Crippen molar-refractivity contribution in [1.29, 1.82) is 0 Å². The molecule has 4 aromatic rings. The summed E-state index contributed by atoms with van der Waals surface area (Å²) >= 11 is 1.40. The molecule has 0 bridgehead atoms. The van der Waals surface area contributed by atoms with Gasteiger partial charge in [-0.1, -0.05) is 56.8 Å². The van der Waals surface area contributed by atoms with Crippen LogP contribution in [0.1, 0.15) is 37.6 Å². The van der Waals surface area contributed by atoms with Crippen molar-refractivity contribution in [3.63, 3.8) is 0 Å². The van der Waals surface area contributed by atoms with E-state index in [1.54, 1.807) is 12.3 Å². The smallest absolute Gasteiger partial charge is 0.258 e. The van der Waals surface area contributed by atoms with E-state index in [4.69, 9.17) is 5.84 Å². The Morgan fingerprint density at radius 3 is 2.50 bits per heavy atom. The minimum absolute atomic E-state index is 0.0834. The van der Waals surface area contributed by atoms with Crippen molar-refractivity contribution >= 4 is 17.4 Å². The molecule has 3 heterocycles. The summed E-state index contributed by atoms with van der Waals surface area (Å²) in [6, 6.07) is 13.5. The molecule has 30 heavy (non-hydrogen) atoms. The van der Waals surface area contributed by atoms with Crippen molar-refractivity contribution in [3.05, 3.63) is 75.8 Å². The van der Waals surface area contributed by atoms with Crippen LogP contribution in [0, 0.1) is 6.92 Å². The third-order valence-corrected chi connectivity index (χ3v) is 5.88. The maximum Gasteiger partial charge on any atom is 0.258 e. The molecule has 0 radical (unpaired) electrons. The third-order valence-electron chi connectivity index (χ3n) is 4.90. The van der Waals surface area contributed by atoms with E-state index in [1.807, 2.05) is 31.2 Å². The van der Waals surface area contributed by atoms with Crippen LogP contribution in [0.5, 0.6) is 0 Å². The highest BCUT2D eigenvalue weighted by atomic mass is 32.2. The highest BCUT2D eigenvalue weighted by Gasteiger charge is 2.16. The summed E-state index contributed by atoms with van der Waals surface area (Å²) in [6.45, 7) is 8.50. The number of rotatable bonds is 4. The number of thioether (sulfide) groups is 1. The number of hydrogen-bond donors (Lipinski definition) is 1. The molecule has 0 amide bonds. The fourth-order valence-corrected chi connectivity index (χ4v) is 3.91. The number of hydrogen-bond acceptors (Lipinski definition) is 6. The number of aromatic nitrogens is 5. The normalized spacial score (nSPS) is 11.9. The SMILES string of the molecule is Cc1ccn2c(=O)cc(CSc3nnc(-c4ccc(C(C)(C)C)cc4)n3N)nc2c1. The predicted molar refractivity (Wildman–Crippen MR) is 120 cm³/mol. The van der Waals surface area contributed by atoms with E-state index in [1.165, 1.54) is 26.4 Å². The molecule has 154 valence electrons. The zero-order valence-electron chi connectivity index (χ0n) is 17.5. The molecular formula is C22H24N6OS. The summed E-state index contributed by atoms with van der Waals surface area (Å²) in [7, 11) is 0. The van der Waals surface area contributed by atoms with Crippen molar-refractivity contribution in [3.8, 4) is 11.4 Å². The zero-order chi connectivity index (χ0) is 21.5. The molecule has 8 heteroatoms. The second-order valence-electron chi connectivity index (χ2n) is 8.31. The monoisotopic (exact) mass is 420 g/mol. The van der Waals surface area contributed by atoms with Gasteiger partial charge in [-0.3, -0.25) is 9.20 Å². The van der Waals surface area contributed by atoms with Gasteiger partial charge in [0.1, 0.15) is 5.65 Å². The first kappa shape index (κ1) is 20.2. The lowest BCUT2D eigenvalue weighted by Crippen LogP contribution is -2.15. The Morgan fingerprint density at radius 1 is 1.07 bits per heavy atom. The van der Waals surface area contributed by atoms with E-state index < -0.39 is 0 Å². The van der Waals surface area contributed by atoms with Gasteiger partial charge in [-0.25, -0.2) is 9.66 Å². The number of nitrogens with two attached hydrogens (primary N) is 1. The maximum absolute atomic E-state index is 12.3. The van der Waals surface area contributed by atoms with E-state index in [2.05, 4.69) is 48.1 Å². The Balaban J connectivity index is 1.55. The molecule has 0 atom stereocenters. The van der Waals surface area contributed by atoms with E-state index in [0.29, 0.717) is 28.1 Å². The summed E-state index contributed by atoms with van der Waals surface area (Å²) in [4.78, 5) is 16.9. The average Bonchev–Trinajstić information content (AvgIpc) is 3.06. The van der Waals surface area contributed by atoms with E-state index in [0.717, 1.165) is 11.1 Å². The lowest BCUT2D eigenvalue weighted by molar-refractivity contribution is 0.590. The van der Waals surface area contributed by atoms with Crippen LogP contribution in [0.15, 0.2) is 58.6 Å². The molecular weight excluding hydrogens is 396 g/mol. The molecule has 0 aliphatic carbocycles. The average molecular weight is 421 g/mol. The minimum atomic E-state index is -0.107. The Morgan fingerprint density at radius 2 is 1.80 bits per heavy atom. The number of fused-ring (bicyclic) bond motifs is 1.